The van der Waals surface area contributed by atoms with E-state index in [4.69, 9.17) is 16.3 Å². The quantitative estimate of drug-likeness (QED) is 0.839. The topological polar surface area (TPSA) is 32.7 Å². The highest BCUT2D eigenvalue weighted by atomic mass is 35.5. The Morgan fingerprint density at radius 2 is 1.73 bits per heavy atom. The number of halogens is 1. The fourth-order valence-electron chi connectivity index (χ4n) is 2.24. The number of nitrogens with zero attached hydrogens (tertiary/aromatic N) is 1. The van der Waals surface area contributed by atoms with E-state index >= 15 is 0 Å². The van der Waals surface area contributed by atoms with Crippen LogP contribution in [0.3, 0.4) is 0 Å². The summed E-state index contributed by atoms with van der Waals surface area (Å²) in [6.07, 6.45) is -0.617. The molecule has 2 rings (SSSR count). The van der Waals surface area contributed by atoms with E-state index < -0.39 is 6.10 Å². The first-order valence-electron chi connectivity index (χ1n) is 7.37. The van der Waals surface area contributed by atoms with Crippen molar-refractivity contribution in [2.75, 3.05) is 25.1 Å². The number of aliphatic hydroxyl groups excluding tert-OH is 1. The molecule has 0 bridgehead atoms. The lowest BCUT2D eigenvalue weighted by Gasteiger charge is -2.24. The maximum absolute atomic E-state index is 10.1. The van der Waals surface area contributed by atoms with Crippen molar-refractivity contribution >= 4 is 17.3 Å². The molecule has 0 aliphatic rings. The number of hydrogen-bond acceptors (Lipinski definition) is 3. The van der Waals surface area contributed by atoms with Gasteiger partial charge in [0.2, 0.25) is 0 Å². The molecule has 1 N–H and O–H groups in total. The highest BCUT2D eigenvalue weighted by Gasteiger charge is 2.12. The molecule has 0 aliphatic heterocycles. The molecule has 118 valence electrons. The predicted octanol–water partition coefficient (Wildman–Crippen LogP) is 3.91. The lowest BCUT2D eigenvalue weighted by Crippen LogP contribution is -2.32. The third-order valence-electron chi connectivity index (χ3n) is 3.56. The van der Waals surface area contributed by atoms with Crippen molar-refractivity contribution in [3.8, 4) is 0 Å². The van der Waals surface area contributed by atoms with E-state index in [2.05, 4.69) is 0 Å². The van der Waals surface area contributed by atoms with Crippen molar-refractivity contribution in [2.24, 2.45) is 0 Å². The summed E-state index contributed by atoms with van der Waals surface area (Å²) in [7, 11) is 1.96. The van der Waals surface area contributed by atoms with Gasteiger partial charge in [-0.2, -0.15) is 0 Å². The van der Waals surface area contributed by atoms with Gasteiger partial charge in [0.05, 0.1) is 18.8 Å². The molecule has 22 heavy (non-hydrogen) atoms. The zero-order chi connectivity index (χ0) is 15.9. The lowest BCUT2D eigenvalue weighted by molar-refractivity contribution is 0.000645. The van der Waals surface area contributed by atoms with Crippen LogP contribution in [0.2, 0.25) is 5.02 Å². The van der Waals surface area contributed by atoms with Gasteiger partial charge in [-0.05, 0) is 36.8 Å². The van der Waals surface area contributed by atoms with Gasteiger partial charge in [0, 0.05) is 24.3 Å². The monoisotopic (exact) mass is 319 g/mol. The van der Waals surface area contributed by atoms with Gasteiger partial charge >= 0.3 is 0 Å². The van der Waals surface area contributed by atoms with E-state index in [9.17, 15) is 5.11 Å². The Hall–Kier alpha value is -1.55. The van der Waals surface area contributed by atoms with Crippen LogP contribution in [0.5, 0.6) is 0 Å². The van der Waals surface area contributed by atoms with Crippen molar-refractivity contribution in [1.29, 1.82) is 0 Å². The summed E-state index contributed by atoms with van der Waals surface area (Å²) in [5.41, 5.74) is 2.13. The van der Waals surface area contributed by atoms with Crippen molar-refractivity contribution in [3.05, 3.63) is 65.2 Å². The molecule has 0 aliphatic carbocycles. The third kappa shape index (κ3) is 5.02. The smallest absolute Gasteiger partial charge is 0.0948 e. The second-order valence-electron chi connectivity index (χ2n) is 5.40. The summed E-state index contributed by atoms with van der Waals surface area (Å²) in [4.78, 5) is 2.01. The summed E-state index contributed by atoms with van der Waals surface area (Å²) in [6.45, 7) is 2.79. The van der Waals surface area contributed by atoms with Crippen LogP contribution < -0.4 is 4.90 Å². The van der Waals surface area contributed by atoms with Gasteiger partial charge in [-0.15, -0.1) is 0 Å². The number of likely N-dealkylation sites (N-methyl/N-ethyl adjacent to an activating group) is 1. The molecule has 2 unspecified atom stereocenters. The van der Waals surface area contributed by atoms with Gasteiger partial charge in [-0.25, -0.2) is 0 Å². The maximum Gasteiger partial charge on any atom is 0.0948 e. The summed E-state index contributed by atoms with van der Waals surface area (Å²) in [5, 5.41) is 10.8. The second kappa shape index (κ2) is 8.18. The highest BCUT2D eigenvalue weighted by Crippen LogP contribution is 2.19. The SMILES string of the molecule is CC(OCC(O)CN(C)c1ccccc1)c1ccc(Cl)cc1. The van der Waals surface area contributed by atoms with Crippen molar-refractivity contribution in [2.45, 2.75) is 19.1 Å². The summed E-state index contributed by atoms with van der Waals surface area (Å²) >= 11 is 5.87. The van der Waals surface area contributed by atoms with Gasteiger partial charge in [0.1, 0.15) is 0 Å². The van der Waals surface area contributed by atoms with Crippen molar-refractivity contribution in [3.63, 3.8) is 0 Å². The molecule has 2 atom stereocenters. The first kappa shape index (κ1) is 16.8. The normalized spacial score (nSPS) is 13.6. The molecule has 4 heteroatoms. The molecular formula is C18H22ClNO2. The molecule has 0 heterocycles. The van der Waals surface area contributed by atoms with Crippen LogP contribution in [-0.2, 0) is 4.74 Å². The predicted molar refractivity (Wildman–Crippen MR) is 91.5 cm³/mol. The Kier molecular flexibility index (Phi) is 6.25. The first-order valence-corrected chi connectivity index (χ1v) is 7.75. The van der Waals surface area contributed by atoms with E-state index in [0.29, 0.717) is 18.2 Å². The number of para-hydroxylation sites is 1. The van der Waals surface area contributed by atoms with E-state index in [1.165, 1.54) is 0 Å². The molecule has 0 spiro atoms. The molecule has 0 radical (unpaired) electrons. The second-order valence-corrected chi connectivity index (χ2v) is 5.83. The average molecular weight is 320 g/mol. The Balaban J connectivity index is 1.80. The van der Waals surface area contributed by atoms with Crippen LogP contribution in [0.15, 0.2) is 54.6 Å². The van der Waals surface area contributed by atoms with E-state index in [0.717, 1.165) is 11.3 Å². The van der Waals surface area contributed by atoms with Crippen LogP contribution in [0.1, 0.15) is 18.6 Å². The minimum absolute atomic E-state index is 0.0750. The van der Waals surface area contributed by atoms with Gasteiger partial charge < -0.3 is 14.7 Å². The number of aliphatic hydroxyl groups is 1. The molecule has 2 aromatic carbocycles. The van der Waals surface area contributed by atoms with Crippen LogP contribution in [0.4, 0.5) is 5.69 Å². The number of rotatable bonds is 7. The minimum atomic E-state index is -0.542. The average Bonchev–Trinajstić information content (AvgIpc) is 2.54. The zero-order valence-corrected chi connectivity index (χ0v) is 13.7. The Morgan fingerprint density at radius 3 is 2.36 bits per heavy atom. The zero-order valence-electron chi connectivity index (χ0n) is 12.9. The molecule has 0 amide bonds. The van der Waals surface area contributed by atoms with Gasteiger partial charge in [0.25, 0.3) is 0 Å². The molecule has 2 aromatic rings. The number of anilines is 1. The standard InChI is InChI=1S/C18H22ClNO2/c1-14(15-8-10-16(19)11-9-15)22-13-18(21)12-20(2)17-6-4-3-5-7-17/h3-11,14,18,21H,12-13H2,1-2H3. The molecule has 0 fully saturated rings. The number of hydrogen-bond donors (Lipinski definition) is 1. The van der Waals surface area contributed by atoms with E-state index in [1.807, 2.05) is 73.5 Å². The van der Waals surface area contributed by atoms with Crippen LogP contribution in [0.25, 0.3) is 0 Å². The van der Waals surface area contributed by atoms with E-state index in [-0.39, 0.29) is 6.10 Å². The van der Waals surface area contributed by atoms with Crippen LogP contribution in [-0.4, -0.2) is 31.4 Å². The van der Waals surface area contributed by atoms with Gasteiger partial charge in [-0.1, -0.05) is 41.9 Å². The number of benzene rings is 2. The van der Waals surface area contributed by atoms with Gasteiger partial charge in [-0.3, -0.25) is 0 Å². The minimum Gasteiger partial charge on any atom is -0.389 e. The summed E-state index contributed by atoms with van der Waals surface area (Å²) < 4.78 is 5.75. The molecule has 0 saturated heterocycles. The fourth-order valence-corrected chi connectivity index (χ4v) is 2.37. The molecule has 0 saturated carbocycles. The highest BCUT2D eigenvalue weighted by molar-refractivity contribution is 6.30. The van der Waals surface area contributed by atoms with Crippen molar-refractivity contribution in [1.82, 2.24) is 0 Å². The van der Waals surface area contributed by atoms with Crippen LogP contribution >= 0.6 is 11.6 Å². The Bertz CT molecular complexity index is 559. The Labute approximate surface area is 137 Å². The number of ether oxygens (including phenoxy) is 1. The van der Waals surface area contributed by atoms with Gasteiger partial charge in [0.15, 0.2) is 0 Å². The maximum atomic E-state index is 10.1. The van der Waals surface area contributed by atoms with Crippen LogP contribution in [0, 0.1) is 0 Å². The Morgan fingerprint density at radius 1 is 1.09 bits per heavy atom. The van der Waals surface area contributed by atoms with E-state index in [1.54, 1.807) is 0 Å². The molecule has 0 aromatic heterocycles. The first-order chi connectivity index (χ1) is 10.6. The largest absolute Gasteiger partial charge is 0.389 e. The molecular weight excluding hydrogens is 298 g/mol. The fraction of sp³-hybridized carbons (Fsp3) is 0.333. The third-order valence-corrected chi connectivity index (χ3v) is 3.81. The molecule has 3 nitrogen and oxygen atoms in total. The lowest BCUT2D eigenvalue weighted by atomic mass is 10.1. The van der Waals surface area contributed by atoms with Crippen molar-refractivity contribution < 1.29 is 9.84 Å². The summed E-state index contributed by atoms with van der Waals surface area (Å²) in [5.74, 6) is 0. The summed E-state index contributed by atoms with van der Waals surface area (Å²) in [6, 6.07) is 17.5.